The molecule has 0 heterocycles. The van der Waals surface area contributed by atoms with Crippen molar-refractivity contribution in [2.75, 3.05) is 14.2 Å². The second-order valence-corrected chi connectivity index (χ2v) is 3.91. The van der Waals surface area contributed by atoms with Crippen LogP contribution in [-0.2, 0) is 22.4 Å². The van der Waals surface area contributed by atoms with Gasteiger partial charge < -0.3 is 9.47 Å². The Labute approximate surface area is 107 Å². The Morgan fingerprint density at radius 1 is 1.44 bits per heavy atom. The lowest BCUT2D eigenvalue weighted by molar-refractivity contribution is -0.143. The molecule has 0 aliphatic heterocycles. The van der Waals surface area contributed by atoms with Crippen molar-refractivity contribution in [3.8, 4) is 11.8 Å². The number of nitriles is 1. The predicted molar refractivity (Wildman–Crippen MR) is 67.2 cm³/mol. The first-order valence-electron chi connectivity index (χ1n) is 5.79. The van der Waals surface area contributed by atoms with Crippen LogP contribution in [0.4, 0.5) is 0 Å². The van der Waals surface area contributed by atoms with Crippen LogP contribution in [0.5, 0.6) is 5.75 Å². The van der Waals surface area contributed by atoms with Crippen molar-refractivity contribution < 1.29 is 14.3 Å². The number of carbonyl (C=O) groups excluding carboxylic acids is 1. The van der Waals surface area contributed by atoms with E-state index in [0.29, 0.717) is 12.2 Å². The summed E-state index contributed by atoms with van der Waals surface area (Å²) >= 11 is 0. The summed E-state index contributed by atoms with van der Waals surface area (Å²) in [6.07, 6.45) is 1.20. The molecule has 96 valence electrons. The molecule has 1 aromatic rings. The molecular weight excluding hydrogens is 230 g/mol. The Kier molecular flexibility index (Phi) is 5.19. The number of rotatable bonds is 5. The quantitative estimate of drug-likeness (QED) is 0.748. The zero-order valence-corrected chi connectivity index (χ0v) is 10.9. The molecule has 0 aromatic heterocycles. The van der Waals surface area contributed by atoms with Gasteiger partial charge in [-0.05, 0) is 23.6 Å². The number of hydrogen-bond acceptors (Lipinski definition) is 4. The highest BCUT2D eigenvalue weighted by Gasteiger charge is 2.20. The summed E-state index contributed by atoms with van der Waals surface area (Å²) < 4.78 is 9.85. The maximum absolute atomic E-state index is 11.4. The van der Waals surface area contributed by atoms with Crippen molar-refractivity contribution >= 4 is 5.97 Å². The van der Waals surface area contributed by atoms with Gasteiger partial charge in [0.25, 0.3) is 0 Å². The van der Waals surface area contributed by atoms with E-state index in [0.717, 1.165) is 17.5 Å². The molecule has 0 bridgehead atoms. The van der Waals surface area contributed by atoms with Gasteiger partial charge in [-0.3, -0.25) is 4.79 Å². The van der Waals surface area contributed by atoms with Crippen LogP contribution in [0, 0.1) is 17.2 Å². The van der Waals surface area contributed by atoms with Crippen LogP contribution in [0.25, 0.3) is 0 Å². The summed E-state index contributed by atoms with van der Waals surface area (Å²) in [6, 6.07) is 7.76. The fourth-order valence-corrected chi connectivity index (χ4v) is 1.76. The van der Waals surface area contributed by atoms with Gasteiger partial charge in [0, 0.05) is 6.42 Å². The highest BCUT2D eigenvalue weighted by molar-refractivity contribution is 5.75. The lowest BCUT2D eigenvalue weighted by atomic mass is 9.97. The lowest BCUT2D eigenvalue weighted by Gasteiger charge is -2.12. The van der Waals surface area contributed by atoms with Gasteiger partial charge in [0.2, 0.25) is 0 Å². The van der Waals surface area contributed by atoms with E-state index < -0.39 is 11.9 Å². The van der Waals surface area contributed by atoms with Gasteiger partial charge in [-0.15, -0.1) is 0 Å². The number of ether oxygens (including phenoxy) is 2. The summed E-state index contributed by atoms with van der Waals surface area (Å²) in [5, 5.41) is 8.99. The van der Waals surface area contributed by atoms with Crippen LogP contribution in [0.2, 0.25) is 0 Å². The number of methoxy groups -OCH3 is 2. The molecule has 18 heavy (non-hydrogen) atoms. The number of benzene rings is 1. The first-order chi connectivity index (χ1) is 8.65. The standard InChI is InChI=1S/C14H17NO3/c1-4-10-5-6-13(17-2)11(7-10)8-12(9-15)14(16)18-3/h5-7,12H,4,8H2,1-3H3. The fourth-order valence-electron chi connectivity index (χ4n) is 1.76. The lowest BCUT2D eigenvalue weighted by Crippen LogP contribution is -2.17. The Balaban J connectivity index is 3.00. The van der Waals surface area contributed by atoms with Crippen LogP contribution in [0.1, 0.15) is 18.1 Å². The summed E-state index contributed by atoms with van der Waals surface area (Å²) in [5.41, 5.74) is 2.00. The minimum atomic E-state index is -0.795. The van der Waals surface area contributed by atoms with Gasteiger partial charge in [-0.1, -0.05) is 19.1 Å². The summed E-state index contributed by atoms with van der Waals surface area (Å²) in [4.78, 5) is 11.4. The molecular formula is C14H17NO3. The summed E-state index contributed by atoms with van der Waals surface area (Å²) in [6.45, 7) is 2.05. The molecule has 0 amide bonds. The first kappa shape index (κ1) is 14.0. The Bertz CT molecular complexity index is 463. The molecule has 4 heteroatoms. The Morgan fingerprint density at radius 2 is 2.17 bits per heavy atom. The van der Waals surface area contributed by atoms with Gasteiger partial charge in [-0.25, -0.2) is 0 Å². The van der Waals surface area contributed by atoms with E-state index in [2.05, 4.69) is 4.74 Å². The molecule has 0 aliphatic rings. The van der Waals surface area contributed by atoms with Crippen molar-refractivity contribution in [2.45, 2.75) is 19.8 Å². The van der Waals surface area contributed by atoms with Crippen molar-refractivity contribution in [3.05, 3.63) is 29.3 Å². The van der Waals surface area contributed by atoms with Crippen molar-refractivity contribution in [1.29, 1.82) is 5.26 Å². The average molecular weight is 247 g/mol. The second kappa shape index (κ2) is 6.65. The molecule has 1 rings (SSSR count). The van der Waals surface area contributed by atoms with Crippen LogP contribution in [-0.4, -0.2) is 20.2 Å². The van der Waals surface area contributed by atoms with Gasteiger partial charge in [0.15, 0.2) is 0 Å². The third kappa shape index (κ3) is 3.24. The smallest absolute Gasteiger partial charge is 0.323 e. The third-order valence-corrected chi connectivity index (χ3v) is 2.82. The zero-order valence-electron chi connectivity index (χ0n) is 10.9. The fraction of sp³-hybridized carbons (Fsp3) is 0.429. The SMILES string of the molecule is CCc1ccc(OC)c(CC(C#N)C(=O)OC)c1. The Hall–Kier alpha value is -2.02. The van der Waals surface area contributed by atoms with Crippen LogP contribution >= 0.6 is 0 Å². The minimum absolute atomic E-state index is 0.306. The summed E-state index contributed by atoms with van der Waals surface area (Å²) in [5.74, 6) is -0.617. The highest BCUT2D eigenvalue weighted by Crippen LogP contribution is 2.23. The van der Waals surface area contributed by atoms with Gasteiger partial charge in [0.05, 0.1) is 20.3 Å². The monoisotopic (exact) mass is 247 g/mol. The van der Waals surface area contributed by atoms with E-state index in [-0.39, 0.29) is 0 Å². The molecule has 0 saturated carbocycles. The average Bonchev–Trinajstić information content (AvgIpc) is 2.43. The molecule has 0 N–H and O–H groups in total. The van der Waals surface area contributed by atoms with Gasteiger partial charge >= 0.3 is 5.97 Å². The number of nitrogens with zero attached hydrogens (tertiary/aromatic N) is 1. The predicted octanol–water partition coefficient (Wildman–Crippen LogP) is 2.11. The third-order valence-electron chi connectivity index (χ3n) is 2.82. The molecule has 1 atom stereocenters. The van der Waals surface area contributed by atoms with E-state index in [4.69, 9.17) is 10.00 Å². The molecule has 0 fully saturated rings. The van der Waals surface area contributed by atoms with Gasteiger partial charge in [0.1, 0.15) is 11.7 Å². The molecule has 0 spiro atoms. The first-order valence-corrected chi connectivity index (χ1v) is 5.79. The molecule has 1 aromatic carbocycles. The van der Waals surface area contributed by atoms with Gasteiger partial charge in [-0.2, -0.15) is 5.26 Å². The van der Waals surface area contributed by atoms with Crippen molar-refractivity contribution in [1.82, 2.24) is 0 Å². The second-order valence-electron chi connectivity index (χ2n) is 3.91. The van der Waals surface area contributed by atoms with E-state index in [9.17, 15) is 4.79 Å². The number of hydrogen-bond donors (Lipinski definition) is 0. The normalized spacial score (nSPS) is 11.4. The van der Waals surface area contributed by atoms with Crippen molar-refractivity contribution in [3.63, 3.8) is 0 Å². The topological polar surface area (TPSA) is 59.3 Å². The zero-order chi connectivity index (χ0) is 13.5. The molecule has 0 saturated heterocycles. The summed E-state index contributed by atoms with van der Waals surface area (Å²) in [7, 11) is 2.86. The number of aryl methyl sites for hydroxylation is 1. The van der Waals surface area contributed by atoms with Crippen LogP contribution in [0.15, 0.2) is 18.2 Å². The van der Waals surface area contributed by atoms with Crippen LogP contribution < -0.4 is 4.74 Å². The van der Waals surface area contributed by atoms with E-state index >= 15 is 0 Å². The Morgan fingerprint density at radius 3 is 2.67 bits per heavy atom. The van der Waals surface area contributed by atoms with E-state index in [1.54, 1.807) is 7.11 Å². The maximum atomic E-state index is 11.4. The molecule has 0 radical (unpaired) electrons. The molecule has 1 unspecified atom stereocenters. The largest absolute Gasteiger partial charge is 0.496 e. The number of esters is 1. The van der Waals surface area contributed by atoms with Crippen LogP contribution in [0.3, 0.4) is 0 Å². The number of carbonyl (C=O) groups is 1. The highest BCUT2D eigenvalue weighted by atomic mass is 16.5. The molecule has 4 nitrogen and oxygen atoms in total. The molecule has 0 aliphatic carbocycles. The van der Waals surface area contributed by atoms with E-state index in [1.165, 1.54) is 7.11 Å². The minimum Gasteiger partial charge on any atom is -0.496 e. The van der Waals surface area contributed by atoms with Crippen molar-refractivity contribution in [2.24, 2.45) is 5.92 Å². The maximum Gasteiger partial charge on any atom is 0.323 e. The van der Waals surface area contributed by atoms with E-state index in [1.807, 2.05) is 31.2 Å².